The second-order valence-electron chi connectivity index (χ2n) is 6.42. The Bertz CT molecular complexity index is 799. The minimum Gasteiger partial charge on any atom is -0.327 e. The number of rotatable bonds is 3. The number of halogens is 1. The van der Waals surface area contributed by atoms with Crippen LogP contribution in [0.4, 0.5) is 10.1 Å². The van der Waals surface area contributed by atoms with E-state index in [1.807, 2.05) is 32.0 Å². The Labute approximate surface area is 146 Å². The summed E-state index contributed by atoms with van der Waals surface area (Å²) in [5.74, 6) is -0.958. The third-order valence-electron chi connectivity index (χ3n) is 4.62. The van der Waals surface area contributed by atoms with Crippen molar-refractivity contribution >= 4 is 17.5 Å². The number of anilines is 1. The highest BCUT2D eigenvalue weighted by atomic mass is 19.1. The second-order valence-corrected chi connectivity index (χ2v) is 6.42. The van der Waals surface area contributed by atoms with Crippen LogP contribution in [0.2, 0.25) is 0 Å². The summed E-state index contributed by atoms with van der Waals surface area (Å²) in [7, 11) is 0. The molecule has 1 heterocycles. The minimum absolute atomic E-state index is 0.195. The third kappa shape index (κ3) is 3.55. The first kappa shape index (κ1) is 17.1. The Hall–Kier alpha value is -2.69. The van der Waals surface area contributed by atoms with E-state index in [0.29, 0.717) is 13.0 Å². The van der Waals surface area contributed by atoms with Crippen LogP contribution in [0.25, 0.3) is 0 Å². The lowest BCUT2D eigenvalue weighted by molar-refractivity contribution is -0.119. The van der Waals surface area contributed by atoms with E-state index in [2.05, 4.69) is 5.32 Å². The molecule has 1 fully saturated rings. The number of carbonyl (C=O) groups excluding carboxylic acids is 2. The van der Waals surface area contributed by atoms with Gasteiger partial charge in [-0.3, -0.25) is 9.59 Å². The van der Waals surface area contributed by atoms with Crippen molar-refractivity contribution in [1.29, 1.82) is 0 Å². The molecular weight excluding hydrogens is 319 g/mol. The molecule has 0 spiro atoms. The van der Waals surface area contributed by atoms with Crippen molar-refractivity contribution in [2.24, 2.45) is 0 Å². The van der Waals surface area contributed by atoms with Crippen LogP contribution in [0.5, 0.6) is 0 Å². The van der Waals surface area contributed by atoms with Gasteiger partial charge in [-0.05, 0) is 56.0 Å². The zero-order valence-corrected chi connectivity index (χ0v) is 14.4. The Morgan fingerprint density at radius 3 is 2.48 bits per heavy atom. The molecule has 0 unspecified atom stereocenters. The number of amides is 2. The minimum atomic E-state index is -0.533. The number of nitrogens with zero attached hydrogens (tertiary/aromatic N) is 1. The number of para-hydroxylation sites is 1. The van der Waals surface area contributed by atoms with Crippen LogP contribution in [0, 0.1) is 19.7 Å². The van der Waals surface area contributed by atoms with E-state index < -0.39 is 11.9 Å². The molecule has 1 aliphatic rings. The van der Waals surface area contributed by atoms with Crippen molar-refractivity contribution in [3.63, 3.8) is 0 Å². The summed E-state index contributed by atoms with van der Waals surface area (Å²) in [5.41, 5.74) is 3.02. The normalized spacial score (nSPS) is 16.8. The summed E-state index contributed by atoms with van der Waals surface area (Å²) < 4.78 is 13.4. The highest BCUT2D eigenvalue weighted by molar-refractivity contribution is 6.02. The lowest BCUT2D eigenvalue weighted by Gasteiger charge is -2.25. The molecule has 5 heteroatoms. The molecular formula is C20H21FN2O2. The molecule has 0 radical (unpaired) electrons. The van der Waals surface area contributed by atoms with Gasteiger partial charge in [-0.2, -0.15) is 0 Å². The molecule has 1 saturated heterocycles. The van der Waals surface area contributed by atoms with E-state index >= 15 is 0 Å². The largest absolute Gasteiger partial charge is 0.327 e. The van der Waals surface area contributed by atoms with E-state index in [0.717, 1.165) is 23.2 Å². The monoisotopic (exact) mass is 340 g/mol. The average molecular weight is 340 g/mol. The van der Waals surface area contributed by atoms with E-state index in [9.17, 15) is 14.0 Å². The van der Waals surface area contributed by atoms with Gasteiger partial charge in [0.1, 0.15) is 11.9 Å². The highest BCUT2D eigenvalue weighted by Crippen LogP contribution is 2.24. The van der Waals surface area contributed by atoms with Gasteiger partial charge in [0.2, 0.25) is 5.91 Å². The van der Waals surface area contributed by atoms with Crippen LogP contribution in [0.1, 0.15) is 34.3 Å². The Morgan fingerprint density at radius 2 is 1.80 bits per heavy atom. The predicted octanol–water partition coefficient (Wildman–Crippen LogP) is 3.69. The van der Waals surface area contributed by atoms with Gasteiger partial charge in [-0.15, -0.1) is 0 Å². The fourth-order valence-corrected chi connectivity index (χ4v) is 3.29. The van der Waals surface area contributed by atoms with Crippen LogP contribution in [-0.4, -0.2) is 29.3 Å². The first-order valence-electron chi connectivity index (χ1n) is 8.41. The first-order chi connectivity index (χ1) is 12.0. The maximum Gasteiger partial charge on any atom is 0.254 e. The number of aryl methyl sites for hydroxylation is 2. The lowest BCUT2D eigenvalue weighted by Crippen LogP contribution is -2.43. The predicted molar refractivity (Wildman–Crippen MR) is 95.0 cm³/mol. The van der Waals surface area contributed by atoms with Crippen LogP contribution in [-0.2, 0) is 4.79 Å². The molecule has 4 nitrogen and oxygen atoms in total. The molecule has 0 aromatic heterocycles. The molecule has 2 aromatic rings. The Kier molecular flexibility index (Phi) is 4.83. The third-order valence-corrected chi connectivity index (χ3v) is 4.62. The molecule has 2 aromatic carbocycles. The molecule has 1 atom stereocenters. The van der Waals surface area contributed by atoms with Gasteiger partial charge < -0.3 is 10.2 Å². The maximum atomic E-state index is 13.4. The molecule has 0 bridgehead atoms. The fourth-order valence-electron chi connectivity index (χ4n) is 3.29. The number of likely N-dealkylation sites (tertiary alicyclic amines) is 1. The molecule has 0 aliphatic carbocycles. The summed E-state index contributed by atoms with van der Waals surface area (Å²) in [6.07, 6.45) is 1.36. The van der Waals surface area contributed by atoms with Crippen molar-refractivity contribution in [3.8, 4) is 0 Å². The van der Waals surface area contributed by atoms with E-state index in [-0.39, 0.29) is 17.4 Å². The molecule has 1 N–H and O–H groups in total. The summed E-state index contributed by atoms with van der Waals surface area (Å²) in [5, 5.41) is 2.96. The molecule has 3 rings (SSSR count). The lowest BCUT2D eigenvalue weighted by atomic mass is 10.1. The van der Waals surface area contributed by atoms with Gasteiger partial charge in [0.25, 0.3) is 5.91 Å². The number of carbonyl (C=O) groups is 2. The van der Waals surface area contributed by atoms with Crippen LogP contribution in [0.15, 0.2) is 42.5 Å². The zero-order chi connectivity index (χ0) is 18.0. The van der Waals surface area contributed by atoms with Crippen molar-refractivity contribution < 1.29 is 14.0 Å². The molecule has 0 saturated carbocycles. The zero-order valence-electron chi connectivity index (χ0n) is 14.4. The molecule has 2 amide bonds. The second kappa shape index (κ2) is 7.05. The fraction of sp³-hybridized carbons (Fsp3) is 0.300. The van der Waals surface area contributed by atoms with Gasteiger partial charge in [-0.25, -0.2) is 4.39 Å². The average Bonchev–Trinajstić information content (AvgIpc) is 3.07. The number of hydrogen-bond acceptors (Lipinski definition) is 2. The van der Waals surface area contributed by atoms with Crippen LogP contribution < -0.4 is 5.32 Å². The van der Waals surface area contributed by atoms with Gasteiger partial charge in [0, 0.05) is 17.8 Å². The number of nitrogens with one attached hydrogen (secondary N) is 1. The molecule has 25 heavy (non-hydrogen) atoms. The summed E-state index contributed by atoms with van der Waals surface area (Å²) in [4.78, 5) is 27.0. The smallest absolute Gasteiger partial charge is 0.254 e. The Morgan fingerprint density at radius 1 is 1.12 bits per heavy atom. The van der Waals surface area contributed by atoms with Crippen molar-refractivity contribution in [2.45, 2.75) is 32.7 Å². The van der Waals surface area contributed by atoms with Crippen molar-refractivity contribution in [2.75, 3.05) is 11.9 Å². The number of benzene rings is 2. The van der Waals surface area contributed by atoms with E-state index in [1.165, 1.54) is 23.1 Å². The summed E-state index contributed by atoms with van der Waals surface area (Å²) >= 11 is 0. The standard InChI is InChI=1S/C20H21FN2O2/c1-13-6-3-7-14(2)18(13)22-19(24)17-10-5-11-23(17)20(25)15-8-4-9-16(21)12-15/h3-4,6-9,12,17H,5,10-11H2,1-2H3,(H,22,24)/t17-/m1/s1. The summed E-state index contributed by atoms with van der Waals surface area (Å²) in [6, 6.07) is 10.9. The van der Waals surface area contributed by atoms with Crippen molar-refractivity contribution in [3.05, 3.63) is 65.0 Å². The van der Waals surface area contributed by atoms with Gasteiger partial charge in [-0.1, -0.05) is 24.3 Å². The van der Waals surface area contributed by atoms with Gasteiger partial charge >= 0.3 is 0 Å². The Balaban J connectivity index is 1.79. The van der Waals surface area contributed by atoms with Gasteiger partial charge in [0.05, 0.1) is 0 Å². The van der Waals surface area contributed by atoms with E-state index in [1.54, 1.807) is 6.07 Å². The van der Waals surface area contributed by atoms with Crippen molar-refractivity contribution in [1.82, 2.24) is 4.90 Å². The molecule has 130 valence electrons. The highest BCUT2D eigenvalue weighted by Gasteiger charge is 2.34. The maximum absolute atomic E-state index is 13.4. The van der Waals surface area contributed by atoms with E-state index in [4.69, 9.17) is 0 Å². The van der Waals surface area contributed by atoms with Crippen LogP contribution in [0.3, 0.4) is 0 Å². The van der Waals surface area contributed by atoms with Gasteiger partial charge in [0.15, 0.2) is 0 Å². The number of hydrogen-bond donors (Lipinski definition) is 1. The topological polar surface area (TPSA) is 49.4 Å². The van der Waals surface area contributed by atoms with Crippen LogP contribution >= 0.6 is 0 Å². The SMILES string of the molecule is Cc1cccc(C)c1NC(=O)[C@H]1CCCN1C(=O)c1cccc(F)c1. The first-order valence-corrected chi connectivity index (χ1v) is 8.41. The quantitative estimate of drug-likeness (QED) is 0.926. The molecule has 1 aliphatic heterocycles. The summed E-state index contributed by atoms with van der Waals surface area (Å²) in [6.45, 7) is 4.38.